The van der Waals surface area contributed by atoms with Gasteiger partial charge in [-0.2, -0.15) is 0 Å². The molecule has 0 aromatic carbocycles. The molecule has 0 aliphatic heterocycles. The summed E-state index contributed by atoms with van der Waals surface area (Å²) >= 11 is 0. The van der Waals surface area contributed by atoms with Gasteiger partial charge in [0.05, 0.1) is 0 Å². The van der Waals surface area contributed by atoms with E-state index >= 15 is 0 Å². The van der Waals surface area contributed by atoms with E-state index in [9.17, 15) is 0 Å². The Morgan fingerprint density at radius 1 is 1.00 bits per heavy atom. The van der Waals surface area contributed by atoms with Gasteiger partial charge in [0.25, 0.3) is 0 Å². The van der Waals surface area contributed by atoms with Gasteiger partial charge in [-0.15, -0.1) is 0 Å². The van der Waals surface area contributed by atoms with Crippen molar-refractivity contribution in [3.8, 4) is 0 Å². The van der Waals surface area contributed by atoms with Crippen molar-refractivity contribution in [2.75, 3.05) is 0 Å². The molecule has 0 saturated carbocycles. The van der Waals surface area contributed by atoms with Crippen molar-refractivity contribution >= 4 is 38.6 Å². The Labute approximate surface area is 82.7 Å². The van der Waals surface area contributed by atoms with Crippen LogP contribution < -0.4 is 0 Å². The summed E-state index contributed by atoms with van der Waals surface area (Å²) in [5.41, 5.74) is 0. The molecule has 0 unspecified atom stereocenters. The molecular formula is C3H13NaO5Si. The van der Waals surface area contributed by atoms with Crippen molar-refractivity contribution in [2.24, 2.45) is 0 Å². The Morgan fingerprint density at radius 2 is 1.00 bits per heavy atom. The molecule has 0 bridgehead atoms. The topological polar surface area (TPSA) is 101 Å². The van der Waals surface area contributed by atoms with Crippen molar-refractivity contribution in [2.45, 2.75) is 20.0 Å². The molecule has 0 fully saturated rings. The summed E-state index contributed by atoms with van der Waals surface area (Å²) in [6, 6.07) is 0. The molecule has 0 aromatic heterocycles. The van der Waals surface area contributed by atoms with Crippen LogP contribution in [-0.4, -0.2) is 69.0 Å². The number of hydrogen-bond acceptors (Lipinski definition) is 5. The number of aliphatic hydroxyl groups is 1. The van der Waals surface area contributed by atoms with Crippen molar-refractivity contribution in [1.29, 1.82) is 0 Å². The zero-order chi connectivity index (χ0) is 8.08. The Bertz CT molecular complexity index is 53.6. The zero-order valence-corrected chi connectivity index (χ0v) is 6.31. The molecule has 0 spiro atoms. The van der Waals surface area contributed by atoms with E-state index in [1.807, 2.05) is 0 Å². The summed E-state index contributed by atoms with van der Waals surface area (Å²) in [5.74, 6) is 0. The first-order chi connectivity index (χ1) is 3.73. The van der Waals surface area contributed by atoms with Gasteiger partial charge < -0.3 is 24.3 Å². The first kappa shape index (κ1) is 17.2. The van der Waals surface area contributed by atoms with Crippen LogP contribution in [0, 0.1) is 0 Å². The second-order valence-electron chi connectivity index (χ2n) is 1.69. The second-order valence-corrected chi connectivity index (χ2v) is 2.89. The van der Waals surface area contributed by atoms with Crippen LogP contribution in [0.4, 0.5) is 0 Å². The van der Waals surface area contributed by atoms with Crippen molar-refractivity contribution < 1.29 is 24.3 Å². The summed E-state index contributed by atoms with van der Waals surface area (Å²) in [6.45, 7) is 3.44. The molecule has 10 heavy (non-hydrogen) atoms. The third-order valence-electron chi connectivity index (χ3n) is 0. The SMILES string of the molecule is CC(C)O.O[Si](O)(O)O.[NaH]. The summed E-state index contributed by atoms with van der Waals surface area (Å²) in [6.07, 6.45) is -0.167. The van der Waals surface area contributed by atoms with Crippen LogP contribution in [-0.2, 0) is 0 Å². The van der Waals surface area contributed by atoms with Crippen LogP contribution in [0.25, 0.3) is 0 Å². The van der Waals surface area contributed by atoms with Crippen molar-refractivity contribution in [3.63, 3.8) is 0 Å². The van der Waals surface area contributed by atoms with Crippen LogP contribution in [0.15, 0.2) is 0 Å². The number of rotatable bonds is 0. The average molecular weight is 180 g/mol. The molecule has 0 aliphatic rings. The van der Waals surface area contributed by atoms with E-state index < -0.39 is 9.05 Å². The quantitative estimate of drug-likeness (QED) is 0.258. The summed E-state index contributed by atoms with van der Waals surface area (Å²) in [7, 11) is -4.61. The van der Waals surface area contributed by atoms with Gasteiger partial charge in [-0.3, -0.25) is 0 Å². The minimum absolute atomic E-state index is 0. The first-order valence-corrected chi connectivity index (χ1v) is 4.10. The number of hydrogen-bond donors (Lipinski definition) is 5. The van der Waals surface area contributed by atoms with Crippen LogP contribution in [0.1, 0.15) is 13.8 Å². The maximum atomic E-state index is 8.06. The number of aliphatic hydroxyl groups excluding tert-OH is 1. The fourth-order valence-electron chi connectivity index (χ4n) is 0. The molecule has 0 atom stereocenters. The zero-order valence-electron chi connectivity index (χ0n) is 5.31. The van der Waals surface area contributed by atoms with Gasteiger partial charge in [-0.1, -0.05) is 0 Å². The van der Waals surface area contributed by atoms with E-state index in [0.717, 1.165) is 0 Å². The van der Waals surface area contributed by atoms with E-state index in [4.69, 9.17) is 24.3 Å². The Hall–Kier alpha value is 1.02. The third kappa shape index (κ3) is 560. The van der Waals surface area contributed by atoms with Gasteiger partial charge in [-0.05, 0) is 13.8 Å². The second kappa shape index (κ2) is 8.12. The van der Waals surface area contributed by atoms with Crippen LogP contribution in [0.3, 0.4) is 0 Å². The molecule has 0 aromatic rings. The molecule has 0 heterocycles. The standard InChI is InChI=1S/C3H8O.Na.H4O4Si.H/c1-3(2)4;;1-5(2,3)4;/h3-4H,1-2H3;;1-4H;. The van der Waals surface area contributed by atoms with E-state index in [-0.39, 0.29) is 35.7 Å². The van der Waals surface area contributed by atoms with Crippen molar-refractivity contribution in [1.82, 2.24) is 0 Å². The molecule has 5 nitrogen and oxygen atoms in total. The van der Waals surface area contributed by atoms with Gasteiger partial charge in [-0.25, -0.2) is 0 Å². The monoisotopic (exact) mass is 180 g/mol. The van der Waals surface area contributed by atoms with E-state index in [1.165, 1.54) is 0 Å². The molecule has 0 radical (unpaired) electrons. The van der Waals surface area contributed by atoms with Gasteiger partial charge in [0, 0.05) is 6.10 Å². The Kier molecular flexibility index (Phi) is 14.0. The van der Waals surface area contributed by atoms with Gasteiger partial charge in [0.2, 0.25) is 0 Å². The minimum atomic E-state index is -4.61. The predicted octanol–water partition coefficient (Wildman–Crippen LogP) is -2.87. The Balaban J connectivity index is -0.0000000910. The normalized spacial score (nSPS) is 9.60. The van der Waals surface area contributed by atoms with Crippen LogP contribution >= 0.6 is 0 Å². The maximum absolute atomic E-state index is 8.06. The van der Waals surface area contributed by atoms with Crippen LogP contribution in [0.2, 0.25) is 0 Å². The Morgan fingerprint density at radius 3 is 1.00 bits per heavy atom. The van der Waals surface area contributed by atoms with E-state index in [2.05, 4.69) is 0 Å². The molecular weight excluding hydrogens is 167 g/mol. The van der Waals surface area contributed by atoms with E-state index in [1.54, 1.807) is 13.8 Å². The average Bonchev–Trinajstić information content (AvgIpc) is 1.19. The molecule has 5 N–H and O–H groups in total. The molecule has 7 heteroatoms. The molecule has 0 aliphatic carbocycles. The fourth-order valence-corrected chi connectivity index (χ4v) is 0. The van der Waals surface area contributed by atoms with Gasteiger partial charge >= 0.3 is 38.6 Å². The summed E-state index contributed by atoms with van der Waals surface area (Å²) in [4.78, 5) is 29.3. The summed E-state index contributed by atoms with van der Waals surface area (Å²) in [5, 5.41) is 8.06. The molecule has 0 rings (SSSR count). The van der Waals surface area contributed by atoms with Gasteiger partial charge in [0.1, 0.15) is 0 Å². The van der Waals surface area contributed by atoms with Crippen LogP contribution in [0.5, 0.6) is 0 Å². The predicted molar refractivity (Wildman–Crippen MR) is 39.1 cm³/mol. The molecule has 0 saturated heterocycles. The fraction of sp³-hybridized carbons (Fsp3) is 1.00. The molecule has 0 amide bonds. The van der Waals surface area contributed by atoms with E-state index in [0.29, 0.717) is 0 Å². The van der Waals surface area contributed by atoms with Gasteiger partial charge in [0.15, 0.2) is 0 Å². The van der Waals surface area contributed by atoms with Crippen molar-refractivity contribution in [3.05, 3.63) is 0 Å². The third-order valence-corrected chi connectivity index (χ3v) is 0. The summed E-state index contributed by atoms with van der Waals surface area (Å²) < 4.78 is 0. The molecule has 60 valence electrons. The first-order valence-electron chi connectivity index (χ1n) is 2.31.